The Labute approximate surface area is 213 Å². The fourth-order valence-corrected chi connectivity index (χ4v) is 5.92. The number of rotatable bonds is 6. The molecular weight excluding hydrogens is 470 g/mol. The van der Waals surface area contributed by atoms with E-state index in [4.69, 9.17) is 0 Å². The van der Waals surface area contributed by atoms with Gasteiger partial charge in [0, 0.05) is 29.9 Å². The van der Waals surface area contributed by atoms with Gasteiger partial charge in [0.2, 0.25) is 11.8 Å². The monoisotopic (exact) mass is 493 g/mol. The van der Waals surface area contributed by atoms with Crippen LogP contribution in [-0.4, -0.2) is 46.0 Å². The number of nitro groups is 1. The third-order valence-electron chi connectivity index (χ3n) is 7.58. The summed E-state index contributed by atoms with van der Waals surface area (Å²) in [6.45, 7) is 0.236. The summed E-state index contributed by atoms with van der Waals surface area (Å²) in [6.07, 6.45) is 4.35. The number of non-ortho nitro benzene ring substituents is 1. The molecule has 0 spiro atoms. The summed E-state index contributed by atoms with van der Waals surface area (Å²) in [5.41, 5.74) is 2.61. The zero-order chi connectivity index (χ0) is 25.7. The fourth-order valence-electron chi connectivity index (χ4n) is 5.92. The van der Waals surface area contributed by atoms with E-state index >= 15 is 0 Å². The zero-order valence-electron chi connectivity index (χ0n) is 19.8. The van der Waals surface area contributed by atoms with Crippen LogP contribution >= 0.6 is 0 Å². The number of benzene rings is 3. The van der Waals surface area contributed by atoms with Gasteiger partial charge in [-0.3, -0.25) is 29.4 Å². The third kappa shape index (κ3) is 3.64. The molecule has 0 aliphatic carbocycles. The second-order valence-corrected chi connectivity index (χ2v) is 9.55. The maximum atomic E-state index is 14.0. The smallest absolute Gasteiger partial charge is 0.270 e. The number of carbonyl (C=O) groups is 3. The van der Waals surface area contributed by atoms with Gasteiger partial charge in [-0.15, -0.1) is 0 Å². The summed E-state index contributed by atoms with van der Waals surface area (Å²) in [6, 6.07) is 21.3. The van der Waals surface area contributed by atoms with E-state index < -0.39 is 34.6 Å². The normalized spacial score (nSPS) is 23.6. The molecule has 37 heavy (non-hydrogen) atoms. The molecule has 3 aromatic carbocycles. The van der Waals surface area contributed by atoms with Gasteiger partial charge in [0.1, 0.15) is 6.04 Å². The van der Waals surface area contributed by atoms with Crippen LogP contribution in [0.1, 0.15) is 21.5 Å². The first-order valence-corrected chi connectivity index (χ1v) is 12.2. The molecule has 0 aromatic heterocycles. The van der Waals surface area contributed by atoms with Crippen molar-refractivity contribution in [3.05, 3.63) is 112 Å². The molecule has 0 bridgehead atoms. The Kier molecular flexibility index (Phi) is 5.44. The molecule has 2 fully saturated rings. The zero-order valence-corrected chi connectivity index (χ0v) is 19.8. The highest BCUT2D eigenvalue weighted by atomic mass is 16.6. The van der Waals surface area contributed by atoms with Crippen LogP contribution in [0.3, 0.4) is 0 Å². The van der Waals surface area contributed by atoms with Crippen LogP contribution in [-0.2, 0) is 16.0 Å². The van der Waals surface area contributed by atoms with Crippen molar-refractivity contribution < 1.29 is 19.3 Å². The van der Waals surface area contributed by atoms with Crippen LogP contribution < -0.4 is 4.90 Å². The number of ketones is 1. The fraction of sp³-hybridized carbons (Fsp3) is 0.207. The summed E-state index contributed by atoms with van der Waals surface area (Å²) in [7, 11) is 0. The van der Waals surface area contributed by atoms with Gasteiger partial charge in [-0.25, -0.2) is 0 Å². The molecule has 0 unspecified atom stereocenters. The summed E-state index contributed by atoms with van der Waals surface area (Å²) in [4.78, 5) is 55.4. The maximum absolute atomic E-state index is 14.0. The van der Waals surface area contributed by atoms with Crippen molar-refractivity contribution in [1.82, 2.24) is 4.90 Å². The van der Waals surface area contributed by atoms with Gasteiger partial charge in [-0.05, 0) is 23.6 Å². The molecule has 3 heterocycles. The van der Waals surface area contributed by atoms with Gasteiger partial charge < -0.3 is 4.90 Å². The Morgan fingerprint density at radius 2 is 1.62 bits per heavy atom. The lowest BCUT2D eigenvalue weighted by Crippen LogP contribution is -2.49. The van der Waals surface area contributed by atoms with Crippen LogP contribution in [0.5, 0.6) is 0 Å². The minimum atomic E-state index is -0.957. The summed E-state index contributed by atoms with van der Waals surface area (Å²) in [5.74, 6) is -2.64. The maximum Gasteiger partial charge on any atom is 0.270 e. The number of nitrogens with zero attached hydrogens (tertiary/aromatic N) is 3. The predicted molar refractivity (Wildman–Crippen MR) is 137 cm³/mol. The molecule has 0 saturated carbocycles. The Morgan fingerprint density at radius 3 is 2.41 bits per heavy atom. The molecule has 0 N–H and O–H groups in total. The quantitative estimate of drug-likeness (QED) is 0.223. The minimum Gasteiger partial charge on any atom is -0.352 e. The molecule has 0 radical (unpaired) electrons. The standard InChI is InChI=1S/C29H23N3O5/c33-27(20-10-6-11-21(17-20)32(36)37)26-25-24(23-14-13-19-9-4-5-12-22(19)31(23)26)28(34)30(29(25)35)16-15-18-7-2-1-3-8-18/h1-14,17,23-26H,15-16H2/t23-,24+,25+,26-/m0/s1. The van der Waals surface area contributed by atoms with Crippen LogP contribution in [0.25, 0.3) is 6.08 Å². The Balaban J connectivity index is 1.40. The van der Waals surface area contributed by atoms with Gasteiger partial charge in [-0.2, -0.15) is 0 Å². The lowest BCUT2D eigenvalue weighted by Gasteiger charge is -2.36. The highest BCUT2D eigenvalue weighted by molar-refractivity contribution is 6.14. The average molecular weight is 494 g/mol. The van der Waals surface area contributed by atoms with E-state index in [2.05, 4.69) is 0 Å². The molecule has 4 atom stereocenters. The number of para-hydroxylation sites is 1. The SMILES string of the molecule is O=C(c1cccc([N+](=O)[O-])c1)[C@@H]1[C@@H]2C(=O)N(CCc3ccccc3)C(=O)[C@@H]2[C@@H]2C=Cc3ccccc3N12. The van der Waals surface area contributed by atoms with Crippen molar-refractivity contribution in [2.45, 2.75) is 18.5 Å². The van der Waals surface area contributed by atoms with Crippen LogP contribution in [0.4, 0.5) is 11.4 Å². The lowest BCUT2D eigenvalue weighted by molar-refractivity contribution is -0.384. The third-order valence-corrected chi connectivity index (χ3v) is 7.58. The number of imide groups is 1. The number of fused-ring (bicyclic) bond motifs is 5. The Morgan fingerprint density at radius 1 is 0.892 bits per heavy atom. The van der Waals surface area contributed by atoms with Crippen molar-refractivity contribution in [1.29, 1.82) is 0 Å². The van der Waals surface area contributed by atoms with E-state index in [1.54, 1.807) is 0 Å². The molecule has 2 saturated heterocycles. The second-order valence-electron chi connectivity index (χ2n) is 9.55. The number of nitro benzene ring substituents is 1. The van der Waals surface area contributed by atoms with Crippen molar-refractivity contribution in [3.63, 3.8) is 0 Å². The van der Waals surface area contributed by atoms with E-state index in [-0.39, 0.29) is 29.6 Å². The number of hydrogen-bond donors (Lipinski definition) is 0. The molecule has 3 aliphatic rings. The highest BCUT2D eigenvalue weighted by Gasteiger charge is 2.63. The summed E-state index contributed by atoms with van der Waals surface area (Å²) >= 11 is 0. The topological polar surface area (TPSA) is 101 Å². The number of Topliss-reactive ketones (excluding diaryl/α,β-unsaturated/α-hetero) is 1. The lowest BCUT2D eigenvalue weighted by atomic mass is 9.86. The highest BCUT2D eigenvalue weighted by Crippen LogP contribution is 2.49. The molecular formula is C29H23N3O5. The van der Waals surface area contributed by atoms with Crippen LogP contribution in [0.15, 0.2) is 84.9 Å². The molecule has 2 amide bonds. The van der Waals surface area contributed by atoms with Crippen molar-refractivity contribution in [2.24, 2.45) is 11.8 Å². The Bertz CT molecular complexity index is 1470. The molecule has 184 valence electrons. The van der Waals surface area contributed by atoms with Gasteiger partial charge in [0.25, 0.3) is 5.69 Å². The van der Waals surface area contributed by atoms with Crippen molar-refractivity contribution in [2.75, 3.05) is 11.4 Å². The first-order chi connectivity index (χ1) is 18.0. The first-order valence-electron chi connectivity index (χ1n) is 12.2. The summed E-state index contributed by atoms with van der Waals surface area (Å²) < 4.78 is 0. The molecule has 6 rings (SSSR count). The van der Waals surface area contributed by atoms with Gasteiger partial charge in [0.15, 0.2) is 5.78 Å². The Hall–Kier alpha value is -4.59. The minimum absolute atomic E-state index is 0.147. The van der Waals surface area contributed by atoms with Gasteiger partial charge in [-0.1, -0.05) is 72.8 Å². The molecule has 8 nitrogen and oxygen atoms in total. The molecule has 8 heteroatoms. The first kappa shape index (κ1) is 22.8. The predicted octanol–water partition coefficient (Wildman–Crippen LogP) is 3.91. The second kappa shape index (κ2) is 8.81. The van der Waals surface area contributed by atoms with Crippen LogP contribution in [0, 0.1) is 22.0 Å². The van der Waals surface area contributed by atoms with Crippen molar-refractivity contribution >= 4 is 35.0 Å². The van der Waals surface area contributed by atoms with E-state index in [1.807, 2.05) is 71.6 Å². The van der Waals surface area contributed by atoms with Crippen LogP contribution in [0.2, 0.25) is 0 Å². The number of likely N-dealkylation sites (tertiary alicyclic amines) is 1. The average Bonchev–Trinajstić information content (AvgIpc) is 3.40. The number of carbonyl (C=O) groups excluding carboxylic acids is 3. The molecule has 3 aromatic rings. The number of hydrogen-bond acceptors (Lipinski definition) is 6. The number of amides is 2. The van der Waals surface area contributed by atoms with E-state index in [9.17, 15) is 24.5 Å². The summed E-state index contributed by atoms with van der Waals surface area (Å²) in [5, 5.41) is 11.4. The van der Waals surface area contributed by atoms with E-state index in [0.717, 1.165) is 16.8 Å². The van der Waals surface area contributed by atoms with E-state index in [0.29, 0.717) is 6.42 Å². The largest absolute Gasteiger partial charge is 0.352 e. The van der Waals surface area contributed by atoms with E-state index in [1.165, 1.54) is 29.2 Å². The molecule has 3 aliphatic heterocycles. The van der Waals surface area contributed by atoms with Gasteiger partial charge >= 0.3 is 0 Å². The number of anilines is 1. The van der Waals surface area contributed by atoms with Crippen molar-refractivity contribution in [3.8, 4) is 0 Å². The van der Waals surface area contributed by atoms with Gasteiger partial charge in [0.05, 0.1) is 22.8 Å².